The topological polar surface area (TPSA) is 51.4 Å². The first-order chi connectivity index (χ1) is 6.27. The zero-order chi connectivity index (χ0) is 9.26. The number of rotatable bonds is 1. The van der Waals surface area contributed by atoms with Gasteiger partial charge in [0.25, 0.3) is 5.97 Å². The molecular formula is C10H16CuNO2+. The van der Waals surface area contributed by atoms with E-state index in [4.69, 9.17) is 5.11 Å². The smallest absolute Gasteiger partial charge is 0.647 e. The summed E-state index contributed by atoms with van der Waals surface area (Å²) in [7, 11) is 0. The molecular weight excluding hydrogens is 230 g/mol. The van der Waals surface area contributed by atoms with E-state index in [1.807, 2.05) is 0 Å². The molecule has 83 valence electrons. The van der Waals surface area contributed by atoms with Crippen molar-refractivity contribution in [3.63, 3.8) is 0 Å². The van der Waals surface area contributed by atoms with Crippen molar-refractivity contribution in [1.82, 2.24) is 0 Å². The molecule has 0 aromatic rings. The van der Waals surface area contributed by atoms with Gasteiger partial charge in [-0.1, -0.05) is 44.4 Å². The molecule has 2 aliphatic rings. The normalized spacial score (nSPS) is 36.7. The second kappa shape index (κ2) is 5.15. The molecule has 1 radical (unpaired) electrons. The first-order valence-corrected chi connectivity index (χ1v) is 5.20. The van der Waals surface area contributed by atoms with Crippen LogP contribution in [0.15, 0.2) is 0 Å². The van der Waals surface area contributed by atoms with E-state index in [2.05, 4.69) is 5.32 Å². The van der Waals surface area contributed by atoms with Crippen LogP contribution in [0.5, 0.6) is 0 Å². The summed E-state index contributed by atoms with van der Waals surface area (Å²) in [5.74, 6) is -0.0339. The van der Waals surface area contributed by atoms with Gasteiger partial charge >= 0.3 is 17.1 Å². The molecule has 0 aromatic carbocycles. The Labute approximate surface area is 95.1 Å². The summed E-state index contributed by atoms with van der Waals surface area (Å²) in [6, 6.07) is -0.0389. The minimum Gasteiger partial charge on any atom is -0.647 e. The number of nitrogens with zero attached hydrogens (tertiary/aromatic N) is 1. The van der Waals surface area contributed by atoms with Crippen LogP contribution in [-0.2, 0) is 21.9 Å². The Bertz CT molecular complexity index is 210. The van der Waals surface area contributed by atoms with Crippen LogP contribution in [-0.4, -0.2) is 23.2 Å². The van der Waals surface area contributed by atoms with E-state index in [1.54, 1.807) is 0 Å². The third-order valence-electron chi connectivity index (χ3n) is 3.34. The van der Waals surface area contributed by atoms with Crippen LogP contribution in [0.2, 0.25) is 0 Å². The Hall–Kier alpha value is -0.0505. The van der Waals surface area contributed by atoms with Crippen molar-refractivity contribution in [3.8, 4) is 0 Å². The molecule has 0 amide bonds. The molecule has 0 spiro atoms. The van der Waals surface area contributed by atoms with Crippen LogP contribution in [0.4, 0.5) is 0 Å². The summed E-state index contributed by atoms with van der Waals surface area (Å²) >= 11 is 0. The van der Waals surface area contributed by atoms with E-state index in [0.717, 1.165) is 19.3 Å². The average molecular weight is 246 g/mol. The van der Waals surface area contributed by atoms with Gasteiger partial charge in [0.2, 0.25) is 0 Å². The van der Waals surface area contributed by atoms with E-state index >= 15 is 0 Å². The van der Waals surface area contributed by atoms with Gasteiger partial charge in [-0.25, -0.2) is 0 Å². The standard InChI is InChI=1S/C10H16NO2.Cu/c12-10(13)9-6-5-7-3-1-2-4-8(7)11-9;/h7-9H,1-6H2,(H,12,13);/q-1;+2. The summed E-state index contributed by atoms with van der Waals surface area (Å²) in [6.07, 6.45) is 6.77. The van der Waals surface area contributed by atoms with Crippen molar-refractivity contribution in [2.75, 3.05) is 0 Å². The van der Waals surface area contributed by atoms with Crippen LogP contribution < -0.4 is 0 Å². The Kier molecular flexibility index (Phi) is 4.42. The number of piperidine rings is 1. The predicted octanol–water partition coefficient (Wildman–Crippen LogP) is 2.16. The second-order valence-corrected chi connectivity index (χ2v) is 4.19. The molecule has 4 heteroatoms. The van der Waals surface area contributed by atoms with Gasteiger partial charge in [-0.3, -0.25) is 4.79 Å². The van der Waals surface area contributed by atoms with Crippen LogP contribution in [0.1, 0.15) is 38.5 Å². The van der Waals surface area contributed by atoms with Crippen molar-refractivity contribution in [2.24, 2.45) is 5.92 Å². The Morgan fingerprint density at radius 3 is 2.57 bits per heavy atom. The maximum absolute atomic E-state index is 10.7. The van der Waals surface area contributed by atoms with Crippen molar-refractivity contribution in [2.45, 2.75) is 50.6 Å². The van der Waals surface area contributed by atoms with Crippen LogP contribution in [0.3, 0.4) is 0 Å². The fraction of sp³-hybridized carbons (Fsp3) is 0.900. The summed E-state index contributed by atoms with van der Waals surface area (Å²) in [5.41, 5.74) is 0. The van der Waals surface area contributed by atoms with Gasteiger partial charge in [-0.2, -0.15) is 0 Å². The van der Waals surface area contributed by atoms with Crippen LogP contribution in [0, 0.1) is 5.92 Å². The fourth-order valence-corrected chi connectivity index (χ4v) is 2.59. The molecule has 1 N–H and O–H groups in total. The first-order valence-electron chi connectivity index (χ1n) is 5.20. The number of carboxylic acid groups (broad SMARTS) is 1. The number of carbonyl (C=O) groups is 1. The maximum Gasteiger partial charge on any atom is 2.00 e. The monoisotopic (exact) mass is 245 g/mol. The average Bonchev–Trinajstić information content (AvgIpc) is 2.17. The quantitative estimate of drug-likeness (QED) is 0.720. The number of fused-ring (bicyclic) bond motifs is 1. The largest absolute Gasteiger partial charge is 2.00 e. The summed E-state index contributed by atoms with van der Waals surface area (Å²) in [4.78, 5) is 10.7. The van der Waals surface area contributed by atoms with E-state index in [-0.39, 0.29) is 17.1 Å². The molecule has 3 atom stereocenters. The molecule has 1 saturated carbocycles. The van der Waals surface area contributed by atoms with Gasteiger partial charge in [-0.05, 0) is 6.04 Å². The van der Waals surface area contributed by atoms with E-state index in [0.29, 0.717) is 12.0 Å². The van der Waals surface area contributed by atoms with Gasteiger partial charge in [0.05, 0.1) is 0 Å². The molecule has 1 saturated heterocycles. The third-order valence-corrected chi connectivity index (χ3v) is 3.34. The molecule has 1 heterocycles. The maximum atomic E-state index is 10.7. The number of hydrogen-bond donors (Lipinski definition) is 1. The number of aliphatic carboxylic acids is 1. The van der Waals surface area contributed by atoms with Gasteiger partial charge in [0.1, 0.15) is 0 Å². The summed E-state index contributed by atoms with van der Waals surface area (Å²) in [6.45, 7) is 0. The Morgan fingerprint density at radius 1 is 1.14 bits per heavy atom. The molecule has 3 nitrogen and oxygen atoms in total. The summed E-state index contributed by atoms with van der Waals surface area (Å²) in [5, 5.41) is 13.2. The number of hydrogen-bond acceptors (Lipinski definition) is 1. The molecule has 0 aromatic heterocycles. The van der Waals surface area contributed by atoms with Gasteiger partial charge in [0.15, 0.2) is 0 Å². The molecule has 2 rings (SSSR count). The third kappa shape index (κ3) is 2.50. The molecule has 1 aliphatic carbocycles. The molecule has 14 heavy (non-hydrogen) atoms. The van der Waals surface area contributed by atoms with Gasteiger partial charge in [-0.15, -0.1) is 6.04 Å². The van der Waals surface area contributed by atoms with E-state index in [1.165, 1.54) is 19.3 Å². The van der Waals surface area contributed by atoms with Crippen molar-refractivity contribution in [1.29, 1.82) is 0 Å². The molecule has 0 bridgehead atoms. The second-order valence-electron chi connectivity index (χ2n) is 4.19. The van der Waals surface area contributed by atoms with Crippen LogP contribution >= 0.6 is 0 Å². The molecule has 2 fully saturated rings. The minimum atomic E-state index is -0.732. The van der Waals surface area contributed by atoms with Crippen LogP contribution in [0.25, 0.3) is 5.32 Å². The Morgan fingerprint density at radius 2 is 1.86 bits per heavy atom. The van der Waals surface area contributed by atoms with Crippen molar-refractivity contribution < 1.29 is 27.0 Å². The zero-order valence-corrected chi connectivity index (χ0v) is 9.02. The number of carboxylic acids is 1. The van der Waals surface area contributed by atoms with Crippen molar-refractivity contribution >= 4 is 5.97 Å². The van der Waals surface area contributed by atoms with Gasteiger partial charge < -0.3 is 10.4 Å². The van der Waals surface area contributed by atoms with E-state index < -0.39 is 12.0 Å². The Balaban J connectivity index is 0.000000980. The SMILES string of the molecule is O=C(O)C1CCC2CCCCC2[N-]1.[Cu+2]. The van der Waals surface area contributed by atoms with Crippen molar-refractivity contribution in [3.05, 3.63) is 5.32 Å². The molecule has 1 aliphatic heterocycles. The minimum absolute atomic E-state index is 0. The predicted molar refractivity (Wildman–Crippen MR) is 49.8 cm³/mol. The van der Waals surface area contributed by atoms with Gasteiger partial charge in [0, 0.05) is 0 Å². The van der Waals surface area contributed by atoms with E-state index in [9.17, 15) is 4.79 Å². The summed E-state index contributed by atoms with van der Waals surface area (Å²) < 4.78 is 0. The zero-order valence-electron chi connectivity index (χ0n) is 8.08. The first kappa shape index (κ1) is 12.0. The molecule has 3 unspecified atom stereocenters. The fourth-order valence-electron chi connectivity index (χ4n) is 2.59.